The van der Waals surface area contributed by atoms with Crippen molar-refractivity contribution in [2.24, 2.45) is 13.0 Å². The highest BCUT2D eigenvalue weighted by Crippen LogP contribution is 2.42. The Balaban J connectivity index is 0.861. The van der Waals surface area contributed by atoms with Crippen LogP contribution in [0.1, 0.15) is 108 Å². The third-order valence-corrected chi connectivity index (χ3v) is 13.6. The molecule has 1 unspecified atom stereocenters. The molecule has 4 amide bonds. The minimum Gasteiger partial charge on any atom is -0.331 e. The van der Waals surface area contributed by atoms with Crippen LogP contribution in [0.15, 0.2) is 36.4 Å². The van der Waals surface area contributed by atoms with E-state index < -0.39 is 28.8 Å². The van der Waals surface area contributed by atoms with Gasteiger partial charge in [0.2, 0.25) is 17.7 Å². The van der Waals surface area contributed by atoms with Crippen LogP contribution in [0.2, 0.25) is 0 Å². The molecular weight excluding hydrogens is 808 g/mol. The van der Waals surface area contributed by atoms with Gasteiger partial charge in [-0.1, -0.05) is 25.0 Å². The average Bonchev–Trinajstić information content (AvgIpc) is 3.62. The molecule has 0 bridgehead atoms. The van der Waals surface area contributed by atoms with Crippen molar-refractivity contribution in [1.82, 2.24) is 29.8 Å². The first-order valence-corrected chi connectivity index (χ1v) is 21.7. The minimum atomic E-state index is -4.75. The molecule has 2 aromatic carbocycles. The predicted octanol–water partition coefficient (Wildman–Crippen LogP) is 6.46. The highest BCUT2D eigenvalue weighted by atomic mass is 32.1. The number of aromatic nitrogens is 2. The summed E-state index contributed by atoms with van der Waals surface area (Å²) >= 11 is 5.78. The van der Waals surface area contributed by atoms with Gasteiger partial charge < -0.3 is 15.1 Å². The Morgan fingerprint density at radius 1 is 1.03 bits per heavy atom. The number of aryl methyl sites for hydroxylation is 1. The van der Waals surface area contributed by atoms with Crippen molar-refractivity contribution in [2.45, 2.75) is 121 Å². The predicted molar refractivity (Wildman–Crippen MR) is 228 cm³/mol. The fourth-order valence-corrected chi connectivity index (χ4v) is 10.7. The first kappa shape index (κ1) is 44.1. The summed E-state index contributed by atoms with van der Waals surface area (Å²) in [7, 11) is 1.79. The van der Waals surface area contributed by atoms with Crippen LogP contribution in [0.4, 0.5) is 24.5 Å². The number of para-hydroxylation sites is 1. The number of alkyl halides is 3. The van der Waals surface area contributed by atoms with E-state index in [-0.39, 0.29) is 65.5 Å². The summed E-state index contributed by atoms with van der Waals surface area (Å²) in [5, 5.41) is 20.4. The summed E-state index contributed by atoms with van der Waals surface area (Å²) in [5.41, 5.74) is -0.652. The number of unbranched alkanes of at least 4 members (excludes halogenated alkanes) is 1. The van der Waals surface area contributed by atoms with Crippen molar-refractivity contribution in [3.05, 3.63) is 53.2 Å². The molecule has 3 aliphatic heterocycles. The Labute approximate surface area is 359 Å². The molecule has 17 heteroatoms. The zero-order valence-electron chi connectivity index (χ0n) is 35.3. The first-order chi connectivity index (χ1) is 28.9. The molecule has 4 aliphatic rings. The molecule has 326 valence electrons. The van der Waals surface area contributed by atoms with Crippen LogP contribution in [0.25, 0.3) is 10.9 Å². The number of carbonyl (C=O) groups is 4. The van der Waals surface area contributed by atoms with Crippen LogP contribution in [-0.4, -0.2) is 103 Å². The Morgan fingerprint density at radius 3 is 2.39 bits per heavy atom. The zero-order valence-corrected chi connectivity index (χ0v) is 36.2. The number of halogens is 3. The van der Waals surface area contributed by atoms with E-state index in [2.05, 4.69) is 39.4 Å². The molecule has 2 N–H and O–H groups in total. The Hall–Kier alpha value is -4.92. The van der Waals surface area contributed by atoms with E-state index in [1.54, 1.807) is 31.6 Å². The van der Waals surface area contributed by atoms with E-state index in [9.17, 15) is 37.6 Å². The average molecular weight is 862 g/mol. The number of rotatable bonds is 11. The number of benzene rings is 2. The molecule has 3 aromatic rings. The van der Waals surface area contributed by atoms with Gasteiger partial charge in [0.25, 0.3) is 5.91 Å². The maximum absolute atomic E-state index is 13.8. The number of hydrogen-bond acceptors (Lipinski definition) is 9. The van der Waals surface area contributed by atoms with Crippen molar-refractivity contribution >= 4 is 63.2 Å². The molecule has 0 spiro atoms. The number of piperazine rings is 1. The van der Waals surface area contributed by atoms with Crippen LogP contribution in [0.5, 0.6) is 0 Å². The third kappa shape index (κ3) is 8.90. The lowest BCUT2D eigenvalue weighted by molar-refractivity contribution is -0.138. The topological polar surface area (TPSA) is 147 Å². The molecule has 4 fully saturated rings. The van der Waals surface area contributed by atoms with Crippen LogP contribution >= 0.6 is 12.2 Å². The molecule has 1 saturated carbocycles. The number of imide groups is 1. The van der Waals surface area contributed by atoms with Crippen LogP contribution in [0.3, 0.4) is 0 Å². The normalized spacial score (nSPS) is 25.3. The van der Waals surface area contributed by atoms with E-state index in [0.29, 0.717) is 23.7 Å². The van der Waals surface area contributed by atoms with Gasteiger partial charge in [0.05, 0.1) is 52.2 Å². The van der Waals surface area contributed by atoms with Crippen molar-refractivity contribution in [3.63, 3.8) is 0 Å². The molecule has 4 heterocycles. The number of amides is 4. The summed E-state index contributed by atoms with van der Waals surface area (Å²) in [6, 6.07) is 10.8. The molecule has 0 radical (unpaired) electrons. The van der Waals surface area contributed by atoms with Gasteiger partial charge in [0.1, 0.15) is 5.54 Å². The summed E-state index contributed by atoms with van der Waals surface area (Å²) in [5.74, 6) is -1.12. The van der Waals surface area contributed by atoms with E-state index >= 15 is 0 Å². The van der Waals surface area contributed by atoms with Crippen molar-refractivity contribution in [3.8, 4) is 6.07 Å². The van der Waals surface area contributed by atoms with Gasteiger partial charge >= 0.3 is 6.18 Å². The van der Waals surface area contributed by atoms with Gasteiger partial charge in [0, 0.05) is 50.1 Å². The van der Waals surface area contributed by atoms with Gasteiger partial charge in [0.15, 0.2) is 5.11 Å². The van der Waals surface area contributed by atoms with Crippen LogP contribution in [0, 0.1) is 17.2 Å². The number of anilines is 2. The zero-order chi connectivity index (χ0) is 44.0. The number of nitriles is 1. The Kier molecular flexibility index (Phi) is 12.6. The SMILES string of the molecule is C[C@@H]1CN(CCCC[C@H]2CC[C@H](N3C(=S)N(c4ccc(C#N)c(C(F)(F)F)c4)C(=O)C3(C)C)CC2)C[C@H](C)N1CC(=O)Nc1cccc2c(C3CCC(=O)NC3=O)nn(C)c12. The number of piperidine rings is 1. The van der Waals surface area contributed by atoms with Crippen molar-refractivity contribution in [1.29, 1.82) is 5.26 Å². The largest absolute Gasteiger partial charge is 0.417 e. The number of fused-ring (bicyclic) bond motifs is 1. The number of carbonyl (C=O) groups excluding carboxylic acids is 4. The van der Waals surface area contributed by atoms with Gasteiger partial charge in [-0.05, 0) is 115 Å². The maximum Gasteiger partial charge on any atom is 0.417 e. The smallest absolute Gasteiger partial charge is 0.331 e. The lowest BCUT2D eigenvalue weighted by Gasteiger charge is -2.44. The second-order valence-corrected chi connectivity index (χ2v) is 18.1. The van der Waals surface area contributed by atoms with Crippen LogP contribution in [-0.2, 0) is 32.4 Å². The first-order valence-electron chi connectivity index (χ1n) is 21.3. The quantitative estimate of drug-likeness (QED) is 0.125. The highest BCUT2D eigenvalue weighted by molar-refractivity contribution is 7.80. The van der Waals surface area contributed by atoms with Gasteiger partial charge in [-0.3, -0.25) is 39.0 Å². The van der Waals surface area contributed by atoms with Gasteiger partial charge in [-0.15, -0.1) is 0 Å². The van der Waals surface area contributed by atoms with Crippen molar-refractivity contribution < 1.29 is 32.3 Å². The fourth-order valence-electron chi connectivity index (χ4n) is 10.1. The lowest BCUT2D eigenvalue weighted by atomic mass is 9.81. The molecular formula is C44H54F3N9O4S. The highest BCUT2D eigenvalue weighted by Gasteiger charge is 2.52. The minimum absolute atomic E-state index is 0.00350. The molecule has 1 aliphatic carbocycles. The summed E-state index contributed by atoms with van der Waals surface area (Å²) in [6.45, 7) is 10.8. The van der Waals surface area contributed by atoms with E-state index in [1.165, 1.54) is 11.0 Å². The number of nitrogens with one attached hydrogen (secondary N) is 2. The second-order valence-electron chi connectivity index (χ2n) is 17.8. The van der Waals surface area contributed by atoms with E-state index in [1.807, 2.05) is 23.1 Å². The Morgan fingerprint density at radius 2 is 1.74 bits per heavy atom. The summed E-state index contributed by atoms with van der Waals surface area (Å²) in [6.07, 6.45) is 2.78. The second kappa shape index (κ2) is 17.5. The lowest BCUT2D eigenvalue weighted by Crippen LogP contribution is -2.58. The number of nitrogens with zero attached hydrogens (tertiary/aromatic N) is 7. The number of thiocarbonyl (C=S) groups is 1. The molecule has 3 saturated heterocycles. The molecule has 13 nitrogen and oxygen atoms in total. The monoisotopic (exact) mass is 861 g/mol. The van der Waals surface area contributed by atoms with Crippen LogP contribution < -0.4 is 15.5 Å². The van der Waals surface area contributed by atoms with E-state index in [0.717, 1.165) is 87.6 Å². The molecule has 61 heavy (non-hydrogen) atoms. The fraction of sp³-hybridized carbons (Fsp3) is 0.568. The third-order valence-electron chi connectivity index (χ3n) is 13.2. The maximum atomic E-state index is 13.8. The number of hydrogen-bond donors (Lipinski definition) is 2. The van der Waals surface area contributed by atoms with Gasteiger partial charge in [-0.2, -0.15) is 23.5 Å². The van der Waals surface area contributed by atoms with Gasteiger partial charge in [-0.25, -0.2) is 0 Å². The summed E-state index contributed by atoms with van der Waals surface area (Å²) < 4.78 is 43.0. The van der Waals surface area contributed by atoms with E-state index in [4.69, 9.17) is 12.2 Å². The summed E-state index contributed by atoms with van der Waals surface area (Å²) in [4.78, 5) is 59.3. The Bertz CT molecular complexity index is 2250. The standard InChI is InChI=1S/C44H54F3N9O4S/c1-26-23-53(24-27(2)54(26)25-37(58)49-35-11-8-10-32-38(51-52(5)39(32)35)33-18-19-36(57)50-40(33)59)20-7-6-9-28-12-15-30(16-13-28)56-42(61)55(41(60)43(56,3)4)31-17-14-29(22-48)34(21-31)44(45,46)47/h8,10-11,14,17,21,26-28,30,33H,6-7,9,12-13,15-16,18-20,23-25H2,1-5H3,(H,49,58)(H,50,57,59)/t26-,27+,28-,30-,33?. The molecule has 3 atom stereocenters. The van der Waals surface area contributed by atoms with Crippen molar-refractivity contribution in [2.75, 3.05) is 36.4 Å². The molecule has 1 aromatic heterocycles. The molecule has 7 rings (SSSR count).